The maximum atomic E-state index is 10.8. The lowest BCUT2D eigenvalue weighted by molar-refractivity contribution is 0.0696. The Hall–Kier alpha value is -2.23. The van der Waals surface area contributed by atoms with E-state index >= 15 is 0 Å². The van der Waals surface area contributed by atoms with Crippen molar-refractivity contribution in [3.63, 3.8) is 0 Å². The molecule has 4 heteroatoms. The Morgan fingerprint density at radius 3 is 2.72 bits per heavy atom. The summed E-state index contributed by atoms with van der Waals surface area (Å²) in [5.41, 5.74) is 2.46. The van der Waals surface area contributed by atoms with E-state index in [-0.39, 0.29) is 5.56 Å². The summed E-state index contributed by atoms with van der Waals surface area (Å²) in [6.07, 6.45) is 1.27. The molecule has 18 heavy (non-hydrogen) atoms. The van der Waals surface area contributed by atoms with Crippen molar-refractivity contribution in [1.82, 2.24) is 0 Å². The number of carbonyl (C=O) groups is 1. The predicted octanol–water partition coefficient (Wildman–Crippen LogP) is 2.92. The fraction of sp³-hybridized carbons (Fsp3) is 0.214. The number of aromatic carboxylic acids is 1. The lowest BCUT2D eigenvalue weighted by Crippen LogP contribution is -2.16. The summed E-state index contributed by atoms with van der Waals surface area (Å²) in [7, 11) is 1.95. The molecule has 1 aromatic heterocycles. The minimum atomic E-state index is -0.969. The molecule has 1 aromatic carbocycles. The number of rotatable bonds is 4. The summed E-state index contributed by atoms with van der Waals surface area (Å²) in [6, 6.07) is 9.58. The maximum absolute atomic E-state index is 10.8. The van der Waals surface area contributed by atoms with Gasteiger partial charge in [0.15, 0.2) is 0 Å². The molecule has 0 aliphatic heterocycles. The molecule has 1 N–H and O–H groups in total. The third-order valence-electron chi connectivity index (χ3n) is 2.82. The Labute approximate surface area is 105 Å². The van der Waals surface area contributed by atoms with E-state index in [1.165, 1.54) is 11.8 Å². The minimum absolute atomic E-state index is 0.184. The van der Waals surface area contributed by atoms with Gasteiger partial charge in [0.2, 0.25) is 0 Å². The second kappa shape index (κ2) is 4.96. The number of nitrogens with zero attached hydrogens (tertiary/aromatic N) is 1. The Kier molecular flexibility index (Phi) is 3.37. The Morgan fingerprint density at radius 1 is 1.39 bits per heavy atom. The van der Waals surface area contributed by atoms with Crippen LogP contribution >= 0.6 is 0 Å². The van der Waals surface area contributed by atoms with Crippen molar-refractivity contribution < 1.29 is 14.3 Å². The number of carboxylic acid groups (broad SMARTS) is 1. The number of para-hydroxylation sites is 1. The highest BCUT2D eigenvalue weighted by Gasteiger charge is 2.11. The van der Waals surface area contributed by atoms with Gasteiger partial charge in [0.1, 0.15) is 12.0 Å². The highest BCUT2D eigenvalue weighted by molar-refractivity contribution is 5.87. The second-order valence-corrected chi connectivity index (χ2v) is 4.25. The van der Waals surface area contributed by atoms with Crippen LogP contribution in [-0.4, -0.2) is 18.1 Å². The summed E-state index contributed by atoms with van der Waals surface area (Å²) in [4.78, 5) is 12.8. The van der Waals surface area contributed by atoms with Crippen molar-refractivity contribution in [2.75, 3.05) is 11.9 Å². The molecule has 0 spiro atoms. The van der Waals surface area contributed by atoms with Crippen molar-refractivity contribution in [2.45, 2.75) is 13.5 Å². The zero-order chi connectivity index (χ0) is 13.1. The highest BCUT2D eigenvalue weighted by Crippen LogP contribution is 2.20. The third-order valence-corrected chi connectivity index (χ3v) is 2.82. The van der Waals surface area contributed by atoms with Crippen LogP contribution in [0.1, 0.15) is 21.7 Å². The van der Waals surface area contributed by atoms with Crippen molar-refractivity contribution in [2.24, 2.45) is 0 Å². The zero-order valence-corrected chi connectivity index (χ0v) is 10.4. The quantitative estimate of drug-likeness (QED) is 0.899. The molecule has 0 fully saturated rings. The van der Waals surface area contributed by atoms with Gasteiger partial charge in [0.05, 0.1) is 12.1 Å². The molecular formula is C14H15NO3. The molecule has 0 unspecified atom stereocenters. The Balaban J connectivity index is 2.13. The van der Waals surface area contributed by atoms with E-state index in [0.717, 1.165) is 5.69 Å². The number of furan rings is 1. The average Bonchev–Trinajstić information content (AvgIpc) is 2.78. The number of carboxylic acids is 1. The number of aryl methyl sites for hydroxylation is 1. The standard InChI is InChI=1S/C14H15NO3/c1-10-5-3-4-6-13(10)15(2)8-12-7-11(9-18-12)14(16)17/h3-7,9H,8H2,1-2H3,(H,16,17). The molecule has 0 atom stereocenters. The van der Waals surface area contributed by atoms with E-state index in [4.69, 9.17) is 9.52 Å². The van der Waals surface area contributed by atoms with Gasteiger partial charge in [-0.15, -0.1) is 0 Å². The van der Waals surface area contributed by atoms with Gasteiger partial charge in [-0.1, -0.05) is 18.2 Å². The first kappa shape index (κ1) is 12.2. The molecule has 0 aliphatic carbocycles. The smallest absolute Gasteiger partial charge is 0.338 e. The maximum Gasteiger partial charge on any atom is 0.338 e. The zero-order valence-electron chi connectivity index (χ0n) is 10.4. The van der Waals surface area contributed by atoms with E-state index in [0.29, 0.717) is 12.3 Å². The molecule has 4 nitrogen and oxygen atoms in total. The van der Waals surface area contributed by atoms with Gasteiger partial charge in [0.25, 0.3) is 0 Å². The topological polar surface area (TPSA) is 53.7 Å². The summed E-state index contributed by atoms with van der Waals surface area (Å²) < 4.78 is 5.24. The normalized spacial score (nSPS) is 10.3. The lowest BCUT2D eigenvalue weighted by Gasteiger charge is -2.19. The fourth-order valence-corrected chi connectivity index (χ4v) is 1.89. The molecule has 0 saturated heterocycles. The molecule has 2 aromatic rings. The summed E-state index contributed by atoms with van der Waals surface area (Å²) in [5, 5.41) is 8.82. The van der Waals surface area contributed by atoms with Gasteiger partial charge in [-0.2, -0.15) is 0 Å². The number of benzene rings is 1. The van der Waals surface area contributed by atoms with E-state index < -0.39 is 5.97 Å². The third kappa shape index (κ3) is 2.53. The van der Waals surface area contributed by atoms with Crippen molar-refractivity contribution >= 4 is 11.7 Å². The van der Waals surface area contributed by atoms with E-state index in [1.807, 2.05) is 43.1 Å². The monoisotopic (exact) mass is 245 g/mol. The minimum Gasteiger partial charge on any atom is -0.478 e. The molecule has 0 bridgehead atoms. The number of anilines is 1. The van der Waals surface area contributed by atoms with Gasteiger partial charge in [-0.3, -0.25) is 0 Å². The van der Waals surface area contributed by atoms with E-state index in [9.17, 15) is 4.79 Å². The van der Waals surface area contributed by atoms with Gasteiger partial charge < -0.3 is 14.4 Å². The lowest BCUT2D eigenvalue weighted by atomic mass is 10.2. The van der Waals surface area contributed by atoms with Gasteiger partial charge >= 0.3 is 5.97 Å². The Bertz CT molecular complexity index is 560. The first-order valence-electron chi connectivity index (χ1n) is 5.65. The molecule has 0 amide bonds. The van der Waals surface area contributed by atoms with Gasteiger partial charge in [-0.05, 0) is 24.6 Å². The average molecular weight is 245 g/mol. The molecule has 2 rings (SSSR count). The first-order valence-corrected chi connectivity index (χ1v) is 5.65. The van der Waals surface area contributed by atoms with E-state index in [1.54, 1.807) is 6.07 Å². The van der Waals surface area contributed by atoms with Gasteiger partial charge in [-0.25, -0.2) is 4.79 Å². The molecule has 0 aliphatic rings. The van der Waals surface area contributed by atoms with Crippen LogP contribution in [0, 0.1) is 6.92 Å². The second-order valence-electron chi connectivity index (χ2n) is 4.25. The number of hydrogen-bond donors (Lipinski definition) is 1. The fourth-order valence-electron chi connectivity index (χ4n) is 1.89. The Morgan fingerprint density at radius 2 is 2.11 bits per heavy atom. The first-order chi connectivity index (χ1) is 8.58. The van der Waals surface area contributed by atoms with Crippen LogP contribution < -0.4 is 4.90 Å². The van der Waals surface area contributed by atoms with Crippen molar-refractivity contribution in [3.05, 3.63) is 53.5 Å². The molecule has 0 radical (unpaired) electrons. The van der Waals surface area contributed by atoms with Crippen LogP contribution in [-0.2, 0) is 6.54 Å². The SMILES string of the molecule is Cc1ccccc1N(C)Cc1cc(C(=O)O)co1. The summed E-state index contributed by atoms with van der Waals surface area (Å²) in [5.74, 6) is -0.332. The van der Waals surface area contributed by atoms with Crippen molar-refractivity contribution in [3.8, 4) is 0 Å². The van der Waals surface area contributed by atoms with Crippen LogP contribution in [0.15, 0.2) is 41.0 Å². The summed E-state index contributed by atoms with van der Waals surface area (Å²) >= 11 is 0. The summed E-state index contributed by atoms with van der Waals surface area (Å²) in [6.45, 7) is 2.58. The van der Waals surface area contributed by atoms with Crippen LogP contribution in [0.5, 0.6) is 0 Å². The predicted molar refractivity (Wildman–Crippen MR) is 69.0 cm³/mol. The molecule has 0 saturated carbocycles. The molecule has 1 heterocycles. The highest BCUT2D eigenvalue weighted by atomic mass is 16.4. The van der Waals surface area contributed by atoms with Crippen molar-refractivity contribution in [1.29, 1.82) is 0 Å². The van der Waals surface area contributed by atoms with E-state index in [2.05, 4.69) is 0 Å². The van der Waals surface area contributed by atoms with Crippen LogP contribution in [0.2, 0.25) is 0 Å². The molecular weight excluding hydrogens is 230 g/mol. The number of hydrogen-bond acceptors (Lipinski definition) is 3. The largest absolute Gasteiger partial charge is 0.478 e. The van der Waals surface area contributed by atoms with Crippen LogP contribution in [0.3, 0.4) is 0 Å². The van der Waals surface area contributed by atoms with Gasteiger partial charge in [0, 0.05) is 12.7 Å². The molecule has 94 valence electrons. The van der Waals surface area contributed by atoms with Crippen LogP contribution in [0.25, 0.3) is 0 Å². The van der Waals surface area contributed by atoms with Crippen LogP contribution in [0.4, 0.5) is 5.69 Å².